The van der Waals surface area contributed by atoms with Crippen molar-refractivity contribution in [2.45, 2.75) is 44.7 Å². The number of carbonyl (C=O) groups excluding carboxylic acids is 2. The van der Waals surface area contributed by atoms with Crippen molar-refractivity contribution in [2.24, 2.45) is 5.92 Å². The van der Waals surface area contributed by atoms with Gasteiger partial charge in [0.05, 0.1) is 11.8 Å². The van der Waals surface area contributed by atoms with Gasteiger partial charge in [-0.3, -0.25) is 9.59 Å². The molecular weight excluding hydrogens is 436 g/mol. The number of piperazine rings is 1. The molecule has 2 aromatic rings. The molecule has 1 aliphatic heterocycles. The van der Waals surface area contributed by atoms with Gasteiger partial charge in [-0.25, -0.2) is 4.98 Å². The van der Waals surface area contributed by atoms with Crippen molar-refractivity contribution in [3.05, 3.63) is 35.2 Å². The molecule has 0 radical (unpaired) electrons. The molecule has 33 heavy (non-hydrogen) atoms. The highest BCUT2D eigenvalue weighted by Gasteiger charge is 2.45. The standard InChI is InChI=1S/C24H30N6O2S/c1-16(2)13-19(22(32)29-24(15-25)7-8-24)27-21(31)18-5-3-17(4-6-18)20-14-33-23(28-20)30-11-9-26-10-12-30/h3-6,14,16,19,26H,7-13H2,1-2H3,(H,27,31)(H,29,32). The van der Waals surface area contributed by atoms with E-state index in [4.69, 9.17) is 4.98 Å². The SMILES string of the molecule is CC(C)CC(NC(=O)c1ccc(-c2csc(N3CCNCC3)n2)cc1)C(=O)NC1(C#N)CC1. The van der Waals surface area contributed by atoms with Crippen molar-refractivity contribution in [3.8, 4) is 17.3 Å². The van der Waals surface area contributed by atoms with Gasteiger partial charge in [0.15, 0.2) is 5.13 Å². The molecule has 1 aromatic heterocycles. The van der Waals surface area contributed by atoms with Crippen LogP contribution >= 0.6 is 11.3 Å². The molecule has 4 rings (SSSR count). The Balaban J connectivity index is 1.41. The van der Waals surface area contributed by atoms with Crippen LogP contribution in [0.5, 0.6) is 0 Å². The van der Waals surface area contributed by atoms with Crippen LogP contribution < -0.4 is 20.9 Å². The van der Waals surface area contributed by atoms with Crippen molar-refractivity contribution >= 4 is 28.3 Å². The lowest BCUT2D eigenvalue weighted by Gasteiger charge is -2.26. The monoisotopic (exact) mass is 466 g/mol. The molecule has 2 aliphatic rings. The van der Waals surface area contributed by atoms with Crippen molar-refractivity contribution in [3.63, 3.8) is 0 Å². The van der Waals surface area contributed by atoms with Crippen LogP contribution in [-0.4, -0.2) is 54.6 Å². The number of aromatic nitrogens is 1. The minimum absolute atomic E-state index is 0.218. The fourth-order valence-electron chi connectivity index (χ4n) is 3.85. The van der Waals surface area contributed by atoms with Crippen LogP contribution in [0.15, 0.2) is 29.6 Å². The number of hydrogen-bond acceptors (Lipinski definition) is 7. The molecule has 2 fully saturated rings. The largest absolute Gasteiger partial charge is 0.346 e. The van der Waals surface area contributed by atoms with E-state index in [1.54, 1.807) is 23.5 Å². The molecule has 9 heteroatoms. The summed E-state index contributed by atoms with van der Waals surface area (Å²) in [6.07, 6.45) is 1.82. The summed E-state index contributed by atoms with van der Waals surface area (Å²) < 4.78 is 0. The number of nitrogens with zero attached hydrogens (tertiary/aromatic N) is 3. The molecule has 1 unspecified atom stereocenters. The van der Waals surface area contributed by atoms with Crippen LogP contribution in [0.25, 0.3) is 11.3 Å². The van der Waals surface area contributed by atoms with Crippen LogP contribution in [0, 0.1) is 17.2 Å². The van der Waals surface area contributed by atoms with E-state index in [2.05, 4.69) is 26.9 Å². The van der Waals surface area contributed by atoms with Gasteiger partial charge in [0.2, 0.25) is 5.91 Å². The highest BCUT2D eigenvalue weighted by atomic mass is 32.1. The summed E-state index contributed by atoms with van der Waals surface area (Å²) in [5, 5.41) is 21.3. The van der Waals surface area contributed by atoms with E-state index in [0.29, 0.717) is 24.8 Å². The first-order valence-electron chi connectivity index (χ1n) is 11.4. The number of amides is 2. The lowest BCUT2D eigenvalue weighted by atomic mass is 10.0. The van der Waals surface area contributed by atoms with Crippen LogP contribution in [-0.2, 0) is 4.79 Å². The summed E-state index contributed by atoms with van der Waals surface area (Å²) in [5.41, 5.74) is 1.57. The fraction of sp³-hybridized carbons (Fsp3) is 0.500. The quantitative estimate of drug-likeness (QED) is 0.552. The molecular formula is C24H30N6O2S. The number of nitriles is 1. The van der Waals surface area contributed by atoms with Crippen molar-refractivity contribution in [1.82, 2.24) is 20.9 Å². The Morgan fingerprint density at radius 3 is 2.55 bits per heavy atom. The molecule has 2 heterocycles. The number of hydrogen-bond donors (Lipinski definition) is 3. The minimum Gasteiger partial charge on any atom is -0.346 e. The Kier molecular flexibility index (Phi) is 6.96. The maximum absolute atomic E-state index is 12.9. The molecule has 8 nitrogen and oxygen atoms in total. The summed E-state index contributed by atoms with van der Waals surface area (Å²) in [5.74, 6) is -0.380. The number of anilines is 1. The van der Waals surface area contributed by atoms with Gasteiger partial charge in [0, 0.05) is 42.7 Å². The van der Waals surface area contributed by atoms with E-state index in [9.17, 15) is 14.9 Å². The van der Waals surface area contributed by atoms with Crippen molar-refractivity contribution in [1.29, 1.82) is 5.26 Å². The first-order chi connectivity index (χ1) is 15.9. The molecule has 0 bridgehead atoms. The minimum atomic E-state index is -0.754. The Hall–Kier alpha value is -2.96. The average Bonchev–Trinajstić information content (AvgIpc) is 3.42. The summed E-state index contributed by atoms with van der Waals surface area (Å²) in [4.78, 5) is 32.7. The van der Waals surface area contributed by atoms with Crippen LogP contribution in [0.4, 0.5) is 5.13 Å². The summed E-state index contributed by atoms with van der Waals surface area (Å²) in [7, 11) is 0. The van der Waals surface area contributed by atoms with Gasteiger partial charge < -0.3 is 20.9 Å². The maximum Gasteiger partial charge on any atom is 0.251 e. The zero-order valence-corrected chi connectivity index (χ0v) is 19.9. The molecule has 1 aliphatic carbocycles. The number of carbonyl (C=O) groups is 2. The highest BCUT2D eigenvalue weighted by Crippen LogP contribution is 2.34. The molecule has 174 valence electrons. The third kappa shape index (κ3) is 5.70. The highest BCUT2D eigenvalue weighted by molar-refractivity contribution is 7.14. The first kappa shape index (κ1) is 23.2. The summed E-state index contributed by atoms with van der Waals surface area (Å²) in [6, 6.07) is 8.78. The lowest BCUT2D eigenvalue weighted by molar-refractivity contribution is -0.123. The predicted octanol–water partition coefficient (Wildman–Crippen LogP) is 2.54. The zero-order chi connectivity index (χ0) is 23.4. The van der Waals surface area contributed by atoms with Gasteiger partial charge in [0.1, 0.15) is 11.6 Å². The van der Waals surface area contributed by atoms with Gasteiger partial charge >= 0.3 is 0 Å². The molecule has 2 amide bonds. The van der Waals surface area contributed by atoms with Crippen LogP contribution in [0.1, 0.15) is 43.5 Å². The summed E-state index contributed by atoms with van der Waals surface area (Å²) in [6.45, 7) is 7.83. The first-order valence-corrected chi connectivity index (χ1v) is 12.3. The van der Waals surface area contributed by atoms with Gasteiger partial charge in [-0.2, -0.15) is 5.26 Å². The van der Waals surface area contributed by atoms with Crippen LogP contribution in [0.3, 0.4) is 0 Å². The second kappa shape index (κ2) is 9.89. The smallest absolute Gasteiger partial charge is 0.251 e. The van der Waals surface area contributed by atoms with Gasteiger partial charge in [0.25, 0.3) is 5.91 Å². The Morgan fingerprint density at radius 1 is 1.24 bits per heavy atom. The molecule has 1 atom stereocenters. The third-order valence-corrected chi connectivity index (χ3v) is 6.88. The Morgan fingerprint density at radius 2 is 1.94 bits per heavy atom. The second-order valence-electron chi connectivity index (χ2n) is 9.17. The number of rotatable bonds is 8. The Bertz CT molecular complexity index is 1030. The van der Waals surface area contributed by atoms with Crippen molar-refractivity contribution in [2.75, 3.05) is 31.1 Å². The molecule has 3 N–H and O–H groups in total. The van der Waals surface area contributed by atoms with Crippen molar-refractivity contribution < 1.29 is 9.59 Å². The average molecular weight is 467 g/mol. The molecule has 1 saturated heterocycles. The number of benzene rings is 1. The fourth-order valence-corrected chi connectivity index (χ4v) is 4.74. The molecule has 1 saturated carbocycles. The van der Waals surface area contributed by atoms with E-state index in [0.717, 1.165) is 42.6 Å². The molecule has 0 spiro atoms. The normalized spacial score (nSPS) is 17.8. The van der Waals surface area contributed by atoms with Gasteiger partial charge in [-0.1, -0.05) is 26.0 Å². The van der Waals surface area contributed by atoms with Crippen LogP contribution in [0.2, 0.25) is 0 Å². The zero-order valence-electron chi connectivity index (χ0n) is 19.1. The Labute approximate surface area is 198 Å². The second-order valence-corrected chi connectivity index (χ2v) is 10.0. The number of thiazole rings is 1. The van der Waals surface area contributed by atoms with E-state index >= 15 is 0 Å². The summed E-state index contributed by atoms with van der Waals surface area (Å²) >= 11 is 1.63. The maximum atomic E-state index is 12.9. The van der Waals surface area contributed by atoms with E-state index in [1.165, 1.54) is 0 Å². The van der Waals surface area contributed by atoms with Gasteiger partial charge in [-0.15, -0.1) is 11.3 Å². The lowest BCUT2D eigenvalue weighted by Crippen LogP contribution is -2.50. The number of nitrogens with one attached hydrogen (secondary N) is 3. The van der Waals surface area contributed by atoms with E-state index < -0.39 is 11.6 Å². The van der Waals surface area contributed by atoms with E-state index in [-0.39, 0.29) is 17.7 Å². The molecule has 1 aromatic carbocycles. The van der Waals surface area contributed by atoms with Gasteiger partial charge in [-0.05, 0) is 37.3 Å². The van der Waals surface area contributed by atoms with E-state index in [1.807, 2.05) is 31.4 Å². The third-order valence-electron chi connectivity index (χ3n) is 5.98. The topological polar surface area (TPSA) is 110 Å². The predicted molar refractivity (Wildman–Crippen MR) is 129 cm³/mol.